The van der Waals surface area contributed by atoms with Crippen molar-refractivity contribution < 1.29 is 20.1 Å². The van der Waals surface area contributed by atoms with Gasteiger partial charge in [-0.2, -0.15) is 0 Å². The molecule has 0 unspecified atom stereocenters. The molecule has 0 aromatic carbocycles. The molecule has 0 radical (unpaired) electrons. The number of aliphatic hydroxyl groups is 3. The summed E-state index contributed by atoms with van der Waals surface area (Å²) in [5.41, 5.74) is 5.34. The summed E-state index contributed by atoms with van der Waals surface area (Å²) in [6.07, 6.45) is -3.31. The number of hydrogen-bond acceptors (Lipinski definition) is 5. The molecule has 12 heavy (non-hydrogen) atoms. The van der Waals surface area contributed by atoms with Gasteiger partial charge in [-0.25, -0.2) is 0 Å². The maximum absolute atomic E-state index is 9.36. The molecule has 72 valence electrons. The minimum absolute atomic E-state index is 0.530. The van der Waals surface area contributed by atoms with Gasteiger partial charge in [-0.1, -0.05) is 6.92 Å². The van der Waals surface area contributed by atoms with Crippen molar-refractivity contribution in [2.45, 2.75) is 44.0 Å². The van der Waals surface area contributed by atoms with Crippen LogP contribution in [0, 0.1) is 0 Å². The lowest BCUT2D eigenvalue weighted by molar-refractivity contribution is -0.242. The molecule has 0 aromatic heterocycles. The van der Waals surface area contributed by atoms with Crippen molar-refractivity contribution in [2.24, 2.45) is 5.73 Å². The van der Waals surface area contributed by atoms with E-state index in [2.05, 4.69) is 0 Å². The van der Waals surface area contributed by atoms with Gasteiger partial charge in [-0.05, 0) is 6.42 Å². The summed E-state index contributed by atoms with van der Waals surface area (Å²) in [6.45, 7) is 1.80. The number of nitrogens with two attached hydrogens (primary N) is 1. The largest absolute Gasteiger partial charge is 0.388 e. The maximum Gasteiger partial charge on any atom is 0.172 e. The van der Waals surface area contributed by atoms with Crippen molar-refractivity contribution in [3.8, 4) is 0 Å². The molecule has 5 atom stereocenters. The lowest BCUT2D eigenvalue weighted by atomic mass is 9.96. The van der Waals surface area contributed by atoms with Gasteiger partial charge >= 0.3 is 0 Å². The van der Waals surface area contributed by atoms with E-state index < -0.39 is 30.6 Å². The van der Waals surface area contributed by atoms with E-state index in [1.165, 1.54) is 0 Å². The fraction of sp³-hybridized carbons (Fsp3) is 1.00. The molecule has 1 fully saturated rings. The highest BCUT2D eigenvalue weighted by Gasteiger charge is 2.40. The van der Waals surface area contributed by atoms with Crippen molar-refractivity contribution in [3.05, 3.63) is 0 Å². The van der Waals surface area contributed by atoms with Gasteiger partial charge in [-0.15, -0.1) is 0 Å². The lowest BCUT2D eigenvalue weighted by Gasteiger charge is -2.38. The third kappa shape index (κ3) is 1.60. The molecule has 0 aromatic rings. The van der Waals surface area contributed by atoms with Gasteiger partial charge in [0, 0.05) is 0 Å². The molecule has 0 bridgehead atoms. The Morgan fingerprint density at radius 1 is 1.25 bits per heavy atom. The molecule has 5 nitrogen and oxygen atoms in total. The highest BCUT2D eigenvalue weighted by atomic mass is 16.6. The van der Waals surface area contributed by atoms with Crippen LogP contribution in [0.2, 0.25) is 0 Å². The van der Waals surface area contributed by atoms with Crippen LogP contribution in [0.4, 0.5) is 0 Å². The van der Waals surface area contributed by atoms with Crippen LogP contribution in [0.3, 0.4) is 0 Å². The fourth-order valence-corrected chi connectivity index (χ4v) is 1.30. The first-order valence-corrected chi connectivity index (χ1v) is 4.03. The molecular weight excluding hydrogens is 162 g/mol. The van der Waals surface area contributed by atoms with Crippen molar-refractivity contribution in [1.29, 1.82) is 0 Å². The van der Waals surface area contributed by atoms with Gasteiger partial charge < -0.3 is 25.8 Å². The van der Waals surface area contributed by atoms with Crippen LogP contribution in [-0.2, 0) is 4.74 Å². The lowest BCUT2D eigenvalue weighted by Crippen LogP contribution is -2.60. The molecule has 1 heterocycles. The van der Waals surface area contributed by atoms with E-state index in [-0.39, 0.29) is 0 Å². The van der Waals surface area contributed by atoms with E-state index in [1.807, 2.05) is 0 Å². The Labute approximate surface area is 70.8 Å². The van der Waals surface area contributed by atoms with E-state index in [0.717, 1.165) is 0 Å². The van der Waals surface area contributed by atoms with Crippen LogP contribution >= 0.6 is 0 Å². The van der Waals surface area contributed by atoms with Crippen molar-refractivity contribution in [1.82, 2.24) is 0 Å². The third-order valence-electron chi connectivity index (χ3n) is 2.17. The predicted molar refractivity (Wildman–Crippen MR) is 41.2 cm³/mol. The average Bonchev–Trinajstić information content (AvgIpc) is 2.08. The minimum atomic E-state index is -1.19. The van der Waals surface area contributed by atoms with E-state index >= 15 is 0 Å². The quantitative estimate of drug-likeness (QED) is 0.377. The Balaban J connectivity index is 2.63. The molecular formula is C7H15NO4. The number of rotatable bonds is 1. The van der Waals surface area contributed by atoms with E-state index in [4.69, 9.17) is 15.6 Å². The first kappa shape index (κ1) is 9.88. The Morgan fingerprint density at radius 3 is 2.33 bits per heavy atom. The van der Waals surface area contributed by atoms with Crippen LogP contribution in [0.5, 0.6) is 0 Å². The van der Waals surface area contributed by atoms with Gasteiger partial charge in [0.2, 0.25) is 0 Å². The highest BCUT2D eigenvalue weighted by Crippen LogP contribution is 2.20. The Morgan fingerprint density at radius 2 is 1.83 bits per heavy atom. The van der Waals surface area contributed by atoms with Gasteiger partial charge in [-0.3, -0.25) is 0 Å². The highest BCUT2D eigenvalue weighted by molar-refractivity contribution is 4.90. The van der Waals surface area contributed by atoms with Crippen molar-refractivity contribution in [2.75, 3.05) is 0 Å². The monoisotopic (exact) mass is 177 g/mol. The smallest absolute Gasteiger partial charge is 0.172 e. The fourth-order valence-electron chi connectivity index (χ4n) is 1.30. The molecule has 0 aliphatic carbocycles. The molecule has 1 aliphatic heterocycles. The number of hydrogen-bond donors (Lipinski definition) is 4. The summed E-state index contributed by atoms with van der Waals surface area (Å²) in [4.78, 5) is 0. The van der Waals surface area contributed by atoms with Crippen LogP contribution < -0.4 is 5.73 Å². The van der Waals surface area contributed by atoms with Crippen molar-refractivity contribution in [3.63, 3.8) is 0 Å². The standard InChI is InChI=1S/C7H15NO4/c1-2-3-5(9)6(10)4(8)7(11)12-3/h3-7,9-11H,2,8H2,1H3/t3-,4+,5-,6+,7+/m0/s1. The molecule has 1 rings (SSSR count). The number of aliphatic hydroxyl groups excluding tert-OH is 3. The summed E-state index contributed by atoms with van der Waals surface area (Å²) < 4.78 is 4.95. The van der Waals surface area contributed by atoms with E-state index in [0.29, 0.717) is 6.42 Å². The predicted octanol–water partition coefficient (Wildman–Crippen LogP) is -1.84. The van der Waals surface area contributed by atoms with Crippen LogP contribution in [0.1, 0.15) is 13.3 Å². The second-order valence-corrected chi connectivity index (χ2v) is 3.03. The molecule has 5 heteroatoms. The maximum atomic E-state index is 9.36. The zero-order valence-electron chi connectivity index (χ0n) is 6.92. The summed E-state index contributed by atoms with van der Waals surface area (Å²) in [7, 11) is 0. The zero-order valence-corrected chi connectivity index (χ0v) is 6.92. The zero-order chi connectivity index (χ0) is 9.30. The summed E-state index contributed by atoms with van der Waals surface area (Å²) in [5, 5.41) is 27.8. The summed E-state index contributed by atoms with van der Waals surface area (Å²) in [5.74, 6) is 0. The van der Waals surface area contributed by atoms with Gasteiger partial charge in [0.15, 0.2) is 6.29 Å². The molecule has 5 N–H and O–H groups in total. The first-order chi connectivity index (χ1) is 5.57. The second-order valence-electron chi connectivity index (χ2n) is 3.03. The molecule has 0 amide bonds. The minimum Gasteiger partial charge on any atom is -0.388 e. The summed E-state index contributed by atoms with van der Waals surface area (Å²) in [6, 6.07) is -0.928. The Hall–Kier alpha value is -0.200. The summed E-state index contributed by atoms with van der Waals surface area (Å²) >= 11 is 0. The Bertz CT molecular complexity index is 150. The van der Waals surface area contributed by atoms with Gasteiger partial charge in [0.1, 0.15) is 12.2 Å². The van der Waals surface area contributed by atoms with E-state index in [9.17, 15) is 10.2 Å². The Kier molecular flexibility index (Phi) is 3.03. The first-order valence-electron chi connectivity index (χ1n) is 4.03. The SMILES string of the molecule is CC[C@@H]1O[C@@H](O)[C@H](N)[C@@H](O)[C@H]1O. The van der Waals surface area contributed by atoms with Crippen LogP contribution in [0.15, 0.2) is 0 Å². The van der Waals surface area contributed by atoms with Crippen LogP contribution in [-0.4, -0.2) is 46.0 Å². The second kappa shape index (κ2) is 3.68. The number of ether oxygens (including phenoxy) is 1. The molecule has 0 saturated carbocycles. The topological polar surface area (TPSA) is 95.9 Å². The van der Waals surface area contributed by atoms with E-state index in [1.54, 1.807) is 6.92 Å². The third-order valence-corrected chi connectivity index (χ3v) is 2.17. The van der Waals surface area contributed by atoms with Gasteiger partial charge in [0.05, 0.1) is 12.1 Å². The molecule has 1 aliphatic rings. The van der Waals surface area contributed by atoms with Crippen LogP contribution in [0.25, 0.3) is 0 Å². The van der Waals surface area contributed by atoms with Gasteiger partial charge in [0.25, 0.3) is 0 Å². The molecule has 1 saturated heterocycles. The molecule has 0 spiro atoms. The van der Waals surface area contributed by atoms with Crippen molar-refractivity contribution >= 4 is 0 Å². The average molecular weight is 177 g/mol. The normalized spacial score (nSPS) is 49.2.